The van der Waals surface area contributed by atoms with Crippen LogP contribution in [0.15, 0.2) is 24.3 Å². The number of likely N-dealkylation sites (N-methyl/N-ethyl adjacent to an activating group) is 2. The Hall–Kier alpha value is -1.54. The van der Waals surface area contributed by atoms with Crippen LogP contribution in [0.1, 0.15) is 13.8 Å². The van der Waals surface area contributed by atoms with Crippen molar-refractivity contribution in [3.05, 3.63) is 24.3 Å². The van der Waals surface area contributed by atoms with Gasteiger partial charge in [-0.25, -0.2) is 9.59 Å². The van der Waals surface area contributed by atoms with Crippen LogP contribution in [-0.4, -0.2) is 123 Å². The Labute approximate surface area is 206 Å². The maximum absolute atomic E-state index is 11.6. The molecule has 2 atom stereocenters. The van der Waals surface area contributed by atoms with Crippen molar-refractivity contribution in [2.24, 2.45) is 0 Å². The molecule has 0 aromatic carbocycles. The van der Waals surface area contributed by atoms with Gasteiger partial charge in [-0.3, -0.25) is 9.59 Å². The van der Waals surface area contributed by atoms with Gasteiger partial charge >= 0.3 is 11.9 Å². The van der Waals surface area contributed by atoms with Crippen molar-refractivity contribution in [1.82, 2.24) is 0 Å². The van der Waals surface area contributed by atoms with Gasteiger partial charge in [0.1, 0.15) is 29.4 Å². The van der Waals surface area contributed by atoms with E-state index in [4.69, 9.17) is 9.47 Å². The standard InChI is InChI=1S/2C11H21NO4P/c2*1-9(2)11(14)16-6-7-17(15)10(13)8-12(3,4)5/h2*15H,1,6-8H2,2-5H3/q2*+1. The van der Waals surface area contributed by atoms with Crippen LogP contribution in [0.5, 0.6) is 0 Å². The van der Waals surface area contributed by atoms with E-state index in [1.54, 1.807) is 13.8 Å². The molecule has 2 N–H and O–H groups in total. The van der Waals surface area contributed by atoms with Gasteiger partial charge in [-0.1, -0.05) is 13.2 Å². The Bertz CT molecular complexity index is 680. The van der Waals surface area contributed by atoms with Crippen molar-refractivity contribution in [2.45, 2.75) is 13.8 Å². The van der Waals surface area contributed by atoms with E-state index in [0.29, 0.717) is 20.1 Å². The molecule has 12 heteroatoms. The van der Waals surface area contributed by atoms with E-state index in [0.717, 1.165) is 0 Å². The monoisotopic (exact) mass is 524 g/mol. The Balaban J connectivity index is 0. The molecule has 0 radical (unpaired) electrons. The summed E-state index contributed by atoms with van der Waals surface area (Å²) in [6.07, 6.45) is 0.375. The van der Waals surface area contributed by atoms with E-state index in [9.17, 15) is 29.0 Å². The summed E-state index contributed by atoms with van der Waals surface area (Å²) in [7, 11) is 7.83. The number of carbonyl (C=O) groups excluding carboxylic acids is 4. The van der Waals surface area contributed by atoms with Crippen LogP contribution in [0.2, 0.25) is 0 Å². The maximum Gasteiger partial charge on any atom is 0.333 e. The molecule has 0 spiro atoms. The Morgan fingerprint density at radius 3 is 1.15 bits per heavy atom. The van der Waals surface area contributed by atoms with E-state index >= 15 is 0 Å². The highest BCUT2D eigenvalue weighted by Gasteiger charge is 2.23. The summed E-state index contributed by atoms with van der Waals surface area (Å²) in [5.41, 5.74) is 0.257. The van der Waals surface area contributed by atoms with Gasteiger partial charge in [0.25, 0.3) is 0 Å². The molecule has 196 valence electrons. The Morgan fingerprint density at radius 1 is 0.676 bits per heavy atom. The van der Waals surface area contributed by atoms with Crippen molar-refractivity contribution in [1.29, 1.82) is 0 Å². The van der Waals surface area contributed by atoms with Crippen molar-refractivity contribution in [2.75, 3.05) is 80.9 Å². The number of nitrogens with zero attached hydrogens (tertiary/aromatic N) is 2. The lowest BCUT2D eigenvalue weighted by Gasteiger charge is -2.23. The average Bonchev–Trinajstić information content (AvgIpc) is 2.65. The van der Waals surface area contributed by atoms with Crippen LogP contribution < -0.4 is 0 Å². The molecule has 0 aliphatic heterocycles. The molecule has 0 saturated carbocycles. The normalized spacial score (nSPS) is 13.0. The first-order valence-corrected chi connectivity index (χ1v) is 13.5. The predicted molar refractivity (Wildman–Crippen MR) is 135 cm³/mol. The molecule has 0 saturated heterocycles. The molecule has 0 amide bonds. The summed E-state index contributed by atoms with van der Waals surface area (Å²) in [4.78, 5) is 64.5. The molecular formula is C22H42N2O8P2+2. The second-order valence-electron chi connectivity index (χ2n) is 9.76. The number of hydrogen-bond donors (Lipinski definition) is 2. The maximum atomic E-state index is 11.6. The molecule has 0 aromatic rings. The van der Waals surface area contributed by atoms with Crippen LogP contribution in [0.3, 0.4) is 0 Å². The summed E-state index contributed by atoms with van der Waals surface area (Å²) >= 11 is 0. The zero-order valence-electron chi connectivity index (χ0n) is 21.8. The zero-order valence-corrected chi connectivity index (χ0v) is 23.6. The first-order chi connectivity index (χ1) is 15.3. The van der Waals surface area contributed by atoms with Gasteiger partial charge < -0.3 is 28.2 Å². The highest BCUT2D eigenvalue weighted by molar-refractivity contribution is 7.70. The summed E-state index contributed by atoms with van der Waals surface area (Å²) in [5.74, 6) is -0.986. The Morgan fingerprint density at radius 2 is 0.941 bits per heavy atom. The third kappa shape index (κ3) is 19.9. The van der Waals surface area contributed by atoms with Crippen LogP contribution in [0.25, 0.3) is 0 Å². The second kappa shape index (κ2) is 16.2. The molecule has 0 fully saturated rings. The summed E-state index contributed by atoms with van der Waals surface area (Å²) in [5, 5.41) is 0. The van der Waals surface area contributed by atoms with E-state index in [-0.39, 0.29) is 49.7 Å². The second-order valence-corrected chi connectivity index (χ2v) is 13.3. The van der Waals surface area contributed by atoms with Gasteiger partial charge in [-0.2, -0.15) is 0 Å². The first-order valence-electron chi connectivity index (χ1n) is 10.5. The number of quaternary nitrogens is 2. The minimum absolute atomic E-state index is 0.0524. The van der Waals surface area contributed by atoms with Crippen LogP contribution >= 0.6 is 16.3 Å². The van der Waals surface area contributed by atoms with Crippen LogP contribution in [-0.2, 0) is 28.7 Å². The molecule has 0 aliphatic rings. The van der Waals surface area contributed by atoms with Crippen LogP contribution in [0, 0.1) is 0 Å². The minimum Gasteiger partial charge on any atom is -0.462 e. The number of carbonyl (C=O) groups is 4. The van der Waals surface area contributed by atoms with Gasteiger partial charge in [-0.15, -0.1) is 0 Å². The molecule has 0 rings (SSSR count). The summed E-state index contributed by atoms with van der Waals surface area (Å²) in [6, 6.07) is 0. The summed E-state index contributed by atoms with van der Waals surface area (Å²) in [6.45, 7) is 10.6. The van der Waals surface area contributed by atoms with Crippen molar-refractivity contribution < 1.29 is 47.4 Å². The quantitative estimate of drug-likeness (QED) is 0.151. The largest absolute Gasteiger partial charge is 0.462 e. The molecule has 0 aromatic heterocycles. The van der Waals surface area contributed by atoms with Crippen LogP contribution in [0.4, 0.5) is 0 Å². The molecule has 0 aliphatic carbocycles. The Kier molecular flexibility index (Phi) is 16.5. The lowest BCUT2D eigenvalue weighted by molar-refractivity contribution is -0.861. The van der Waals surface area contributed by atoms with Gasteiger partial charge in [0.15, 0.2) is 0 Å². The lowest BCUT2D eigenvalue weighted by Crippen LogP contribution is -2.39. The molecule has 10 nitrogen and oxygen atoms in total. The number of esters is 2. The topological polar surface area (TPSA) is 127 Å². The molecule has 2 unspecified atom stereocenters. The van der Waals surface area contributed by atoms with E-state index in [1.165, 1.54) is 0 Å². The fraction of sp³-hybridized carbons (Fsp3) is 0.636. The smallest absolute Gasteiger partial charge is 0.333 e. The zero-order chi connectivity index (χ0) is 27.3. The fourth-order valence-corrected chi connectivity index (χ4v) is 4.12. The number of ether oxygens (including phenoxy) is 2. The number of rotatable bonds is 14. The highest BCUT2D eigenvalue weighted by atomic mass is 31.1. The first kappa shape index (κ1) is 34.6. The van der Waals surface area contributed by atoms with Crippen molar-refractivity contribution >= 4 is 39.3 Å². The van der Waals surface area contributed by atoms with E-state index in [1.807, 2.05) is 42.3 Å². The predicted octanol–water partition coefficient (Wildman–Crippen LogP) is 1.46. The van der Waals surface area contributed by atoms with Gasteiger partial charge in [0.2, 0.25) is 11.0 Å². The molecule has 0 bridgehead atoms. The minimum atomic E-state index is -1.72. The lowest BCUT2D eigenvalue weighted by atomic mass is 10.4. The van der Waals surface area contributed by atoms with Gasteiger partial charge in [0, 0.05) is 23.5 Å². The molecule has 0 heterocycles. The van der Waals surface area contributed by atoms with Crippen molar-refractivity contribution in [3.8, 4) is 0 Å². The van der Waals surface area contributed by atoms with E-state index < -0.39 is 28.2 Å². The third-order valence-corrected chi connectivity index (χ3v) is 6.21. The summed E-state index contributed by atoms with van der Waals surface area (Å²) < 4.78 is 10.6. The number of hydrogen-bond acceptors (Lipinski definition) is 8. The molecular weight excluding hydrogens is 482 g/mol. The SMILES string of the molecule is C=C(C)C(=O)OCCP(O)C(=O)C[N+](C)(C)C.C=C(C)C(=O)OCCP(O)C(=O)C[N+](C)(C)C. The van der Waals surface area contributed by atoms with E-state index in [2.05, 4.69) is 13.2 Å². The fourth-order valence-electron chi connectivity index (χ4n) is 1.92. The van der Waals surface area contributed by atoms with Gasteiger partial charge in [-0.05, 0) is 13.8 Å². The average molecular weight is 525 g/mol. The third-order valence-electron chi connectivity index (χ3n) is 3.56. The van der Waals surface area contributed by atoms with Gasteiger partial charge in [0.05, 0.1) is 55.5 Å². The van der Waals surface area contributed by atoms with Crippen molar-refractivity contribution in [3.63, 3.8) is 0 Å². The highest BCUT2D eigenvalue weighted by Crippen LogP contribution is 2.31. The molecule has 34 heavy (non-hydrogen) atoms.